The maximum absolute atomic E-state index is 5.92. The topological polar surface area (TPSA) is 9.23 Å². The number of halogens is 2. The molecule has 0 aliphatic heterocycles. The summed E-state index contributed by atoms with van der Waals surface area (Å²) >= 11 is 4.89. The van der Waals surface area contributed by atoms with Gasteiger partial charge in [0.2, 0.25) is 0 Å². The average Bonchev–Trinajstić information content (AvgIpc) is 2.28. The van der Waals surface area contributed by atoms with Crippen LogP contribution in [0.25, 0.3) is 0 Å². The van der Waals surface area contributed by atoms with Crippen LogP contribution in [0.1, 0.15) is 36.7 Å². The van der Waals surface area contributed by atoms with Crippen LogP contribution >= 0.6 is 45.2 Å². The standard InChI is InChI=1S/C13H18I2O/c1-4-13(2,3)16-11-7-5-10(6-8-11)12(15)9-14/h5-8,12H,4,9H2,1-3H3. The second-order valence-corrected chi connectivity index (χ2v) is 6.79. The van der Waals surface area contributed by atoms with E-state index in [0.717, 1.165) is 16.6 Å². The summed E-state index contributed by atoms with van der Waals surface area (Å²) in [5.41, 5.74) is 1.30. The van der Waals surface area contributed by atoms with Gasteiger partial charge in [0, 0.05) is 8.35 Å². The zero-order chi connectivity index (χ0) is 12.2. The third kappa shape index (κ3) is 4.39. The molecule has 0 spiro atoms. The van der Waals surface area contributed by atoms with Gasteiger partial charge < -0.3 is 4.74 Å². The van der Waals surface area contributed by atoms with Gasteiger partial charge >= 0.3 is 0 Å². The van der Waals surface area contributed by atoms with Crippen molar-refractivity contribution in [1.82, 2.24) is 0 Å². The molecule has 90 valence electrons. The Morgan fingerprint density at radius 3 is 2.25 bits per heavy atom. The lowest BCUT2D eigenvalue weighted by atomic mass is 10.1. The van der Waals surface area contributed by atoms with Crippen molar-refractivity contribution >= 4 is 45.2 Å². The molecule has 16 heavy (non-hydrogen) atoms. The van der Waals surface area contributed by atoms with Gasteiger partial charge in [-0.05, 0) is 38.0 Å². The van der Waals surface area contributed by atoms with Crippen LogP contribution in [0.4, 0.5) is 0 Å². The van der Waals surface area contributed by atoms with Crippen molar-refractivity contribution in [3.05, 3.63) is 29.8 Å². The van der Waals surface area contributed by atoms with Crippen LogP contribution in [0.5, 0.6) is 5.75 Å². The van der Waals surface area contributed by atoms with Crippen molar-refractivity contribution < 1.29 is 4.74 Å². The minimum absolute atomic E-state index is 0.0749. The van der Waals surface area contributed by atoms with Crippen LogP contribution in [-0.2, 0) is 0 Å². The van der Waals surface area contributed by atoms with Crippen molar-refractivity contribution in [2.24, 2.45) is 0 Å². The Morgan fingerprint density at radius 1 is 1.25 bits per heavy atom. The first-order chi connectivity index (χ1) is 7.48. The maximum Gasteiger partial charge on any atom is 0.120 e. The van der Waals surface area contributed by atoms with E-state index < -0.39 is 0 Å². The van der Waals surface area contributed by atoms with Crippen LogP contribution in [-0.4, -0.2) is 10.0 Å². The molecule has 1 aromatic rings. The second-order valence-electron chi connectivity index (χ2n) is 4.41. The van der Waals surface area contributed by atoms with Crippen molar-refractivity contribution in [3.63, 3.8) is 0 Å². The molecule has 0 heterocycles. The van der Waals surface area contributed by atoms with Gasteiger partial charge in [0.05, 0.1) is 0 Å². The first-order valence-corrected chi connectivity index (χ1v) is 8.24. The fraction of sp³-hybridized carbons (Fsp3) is 0.538. The van der Waals surface area contributed by atoms with Crippen molar-refractivity contribution in [3.8, 4) is 5.75 Å². The third-order valence-corrected chi connectivity index (χ3v) is 6.35. The number of rotatable bonds is 5. The van der Waals surface area contributed by atoms with E-state index in [1.54, 1.807) is 0 Å². The number of ether oxygens (including phenoxy) is 1. The second kappa shape index (κ2) is 6.42. The van der Waals surface area contributed by atoms with E-state index in [-0.39, 0.29) is 5.60 Å². The van der Waals surface area contributed by atoms with Gasteiger partial charge in [-0.25, -0.2) is 0 Å². The first-order valence-electron chi connectivity index (χ1n) is 5.47. The minimum atomic E-state index is -0.0749. The first kappa shape index (κ1) is 14.5. The van der Waals surface area contributed by atoms with Crippen LogP contribution in [0.2, 0.25) is 0 Å². The summed E-state index contributed by atoms with van der Waals surface area (Å²) in [5.74, 6) is 0.965. The van der Waals surface area contributed by atoms with E-state index >= 15 is 0 Å². The van der Waals surface area contributed by atoms with Gasteiger partial charge in [0.1, 0.15) is 11.4 Å². The molecular formula is C13H18I2O. The van der Waals surface area contributed by atoms with Gasteiger partial charge in [0.25, 0.3) is 0 Å². The van der Waals surface area contributed by atoms with Crippen molar-refractivity contribution in [2.75, 3.05) is 4.43 Å². The molecule has 1 unspecified atom stereocenters. The van der Waals surface area contributed by atoms with E-state index in [1.807, 2.05) is 0 Å². The molecule has 3 heteroatoms. The molecule has 0 radical (unpaired) electrons. The maximum atomic E-state index is 5.92. The summed E-state index contributed by atoms with van der Waals surface area (Å²) in [6, 6.07) is 8.48. The molecule has 1 nitrogen and oxygen atoms in total. The molecule has 0 bridgehead atoms. The molecule has 0 amide bonds. The normalized spacial score (nSPS) is 13.6. The largest absolute Gasteiger partial charge is 0.488 e. The monoisotopic (exact) mass is 444 g/mol. The zero-order valence-corrected chi connectivity index (χ0v) is 14.3. The predicted molar refractivity (Wildman–Crippen MR) is 87.1 cm³/mol. The fourth-order valence-electron chi connectivity index (χ4n) is 1.22. The number of hydrogen-bond donors (Lipinski definition) is 0. The summed E-state index contributed by atoms with van der Waals surface area (Å²) in [5, 5.41) is 0. The molecule has 0 N–H and O–H groups in total. The lowest BCUT2D eigenvalue weighted by Gasteiger charge is -2.25. The molecule has 0 aliphatic rings. The molecule has 1 aromatic carbocycles. The Balaban J connectivity index is 2.72. The Morgan fingerprint density at radius 2 is 1.81 bits per heavy atom. The Bertz CT molecular complexity index is 319. The highest BCUT2D eigenvalue weighted by atomic mass is 127. The highest BCUT2D eigenvalue weighted by molar-refractivity contribution is 14.1. The van der Waals surface area contributed by atoms with Gasteiger partial charge in [-0.2, -0.15) is 0 Å². The van der Waals surface area contributed by atoms with Crippen molar-refractivity contribution in [2.45, 2.75) is 36.7 Å². The lowest BCUT2D eigenvalue weighted by molar-refractivity contribution is 0.105. The Labute approximate surface area is 126 Å². The SMILES string of the molecule is CCC(C)(C)Oc1ccc(C(I)CI)cc1. The van der Waals surface area contributed by atoms with E-state index in [4.69, 9.17) is 4.74 Å². The molecule has 0 fully saturated rings. The predicted octanol–water partition coefficient (Wildman–Crippen LogP) is 5.17. The van der Waals surface area contributed by atoms with Crippen LogP contribution in [0.15, 0.2) is 24.3 Å². The number of benzene rings is 1. The Kier molecular flexibility index (Phi) is 5.84. The summed E-state index contributed by atoms with van der Waals surface area (Å²) in [6.07, 6.45) is 1.01. The number of hydrogen-bond acceptors (Lipinski definition) is 1. The molecule has 0 aliphatic carbocycles. The van der Waals surface area contributed by atoms with Crippen molar-refractivity contribution in [1.29, 1.82) is 0 Å². The smallest absolute Gasteiger partial charge is 0.120 e. The van der Waals surface area contributed by atoms with E-state index in [9.17, 15) is 0 Å². The highest BCUT2D eigenvalue weighted by Crippen LogP contribution is 2.28. The summed E-state index contributed by atoms with van der Waals surface area (Å²) in [6.45, 7) is 6.38. The zero-order valence-electron chi connectivity index (χ0n) is 9.97. The van der Waals surface area contributed by atoms with Gasteiger partial charge in [-0.3, -0.25) is 0 Å². The molecule has 0 aromatic heterocycles. The third-order valence-electron chi connectivity index (χ3n) is 2.62. The Hall–Kier alpha value is 0.480. The summed E-state index contributed by atoms with van der Waals surface area (Å²) < 4.78 is 7.64. The molecule has 1 atom stereocenters. The average molecular weight is 444 g/mol. The van der Waals surface area contributed by atoms with Crippen LogP contribution in [0.3, 0.4) is 0 Å². The van der Waals surface area contributed by atoms with E-state index in [2.05, 4.69) is 90.2 Å². The number of alkyl halides is 2. The van der Waals surface area contributed by atoms with Crippen LogP contribution in [0, 0.1) is 0 Å². The molecule has 1 rings (SSSR count). The molecule has 0 saturated carbocycles. The highest BCUT2D eigenvalue weighted by Gasteiger charge is 2.16. The fourth-order valence-corrected chi connectivity index (χ4v) is 2.15. The van der Waals surface area contributed by atoms with Gasteiger partial charge in [-0.15, -0.1) is 0 Å². The molecule has 0 saturated heterocycles. The van der Waals surface area contributed by atoms with Crippen LogP contribution < -0.4 is 4.74 Å². The lowest BCUT2D eigenvalue weighted by Crippen LogP contribution is -2.26. The quantitative estimate of drug-likeness (QED) is 0.450. The summed E-state index contributed by atoms with van der Waals surface area (Å²) in [4.78, 5) is 0. The van der Waals surface area contributed by atoms with Gasteiger partial charge in [-0.1, -0.05) is 64.2 Å². The van der Waals surface area contributed by atoms with E-state index in [0.29, 0.717) is 3.92 Å². The molecular weight excluding hydrogens is 426 g/mol. The van der Waals surface area contributed by atoms with E-state index in [1.165, 1.54) is 5.56 Å². The summed E-state index contributed by atoms with van der Waals surface area (Å²) in [7, 11) is 0. The van der Waals surface area contributed by atoms with Gasteiger partial charge in [0.15, 0.2) is 0 Å². The minimum Gasteiger partial charge on any atom is -0.488 e.